The van der Waals surface area contributed by atoms with Crippen molar-refractivity contribution in [3.63, 3.8) is 0 Å². The van der Waals surface area contributed by atoms with E-state index in [4.69, 9.17) is 5.73 Å². The average Bonchev–Trinajstić information content (AvgIpc) is 2.60. The number of hydrogen-bond acceptors (Lipinski definition) is 2. The van der Waals surface area contributed by atoms with E-state index in [1.165, 1.54) is 5.56 Å². The van der Waals surface area contributed by atoms with E-state index in [0.29, 0.717) is 6.54 Å². The standard InChI is InChI=1S/C13H17N3/c1-10-4-3-5-11(8-10)13-15-12(6-7-14)9-16(13)2/h3-5,8-9H,6-7,14H2,1-2H3. The summed E-state index contributed by atoms with van der Waals surface area (Å²) >= 11 is 0. The molecular weight excluding hydrogens is 198 g/mol. The quantitative estimate of drug-likeness (QED) is 0.849. The fraction of sp³-hybridized carbons (Fsp3) is 0.308. The van der Waals surface area contributed by atoms with Crippen molar-refractivity contribution in [2.75, 3.05) is 6.54 Å². The smallest absolute Gasteiger partial charge is 0.139 e. The Kier molecular flexibility index (Phi) is 3.06. The number of nitrogens with two attached hydrogens (primary N) is 1. The van der Waals surface area contributed by atoms with Gasteiger partial charge in [0.2, 0.25) is 0 Å². The van der Waals surface area contributed by atoms with E-state index in [9.17, 15) is 0 Å². The summed E-state index contributed by atoms with van der Waals surface area (Å²) in [4.78, 5) is 4.59. The van der Waals surface area contributed by atoms with E-state index in [1.54, 1.807) is 0 Å². The Morgan fingerprint density at radius 2 is 2.19 bits per heavy atom. The van der Waals surface area contributed by atoms with Crippen molar-refractivity contribution in [2.24, 2.45) is 12.8 Å². The Hall–Kier alpha value is -1.61. The van der Waals surface area contributed by atoms with Crippen molar-refractivity contribution < 1.29 is 0 Å². The van der Waals surface area contributed by atoms with Crippen LogP contribution >= 0.6 is 0 Å². The van der Waals surface area contributed by atoms with Crippen LogP contribution in [0.4, 0.5) is 0 Å². The summed E-state index contributed by atoms with van der Waals surface area (Å²) < 4.78 is 2.06. The third-order valence-electron chi connectivity index (χ3n) is 2.60. The van der Waals surface area contributed by atoms with Crippen LogP contribution in [0.3, 0.4) is 0 Å². The molecule has 3 nitrogen and oxygen atoms in total. The molecule has 0 fully saturated rings. The van der Waals surface area contributed by atoms with E-state index in [2.05, 4.69) is 40.7 Å². The molecule has 0 aliphatic carbocycles. The highest BCUT2D eigenvalue weighted by molar-refractivity contribution is 5.57. The molecule has 0 spiro atoms. The predicted molar refractivity (Wildman–Crippen MR) is 66.1 cm³/mol. The molecule has 1 aromatic carbocycles. The fourth-order valence-electron chi connectivity index (χ4n) is 1.85. The first-order valence-corrected chi connectivity index (χ1v) is 5.50. The third kappa shape index (κ3) is 2.14. The minimum Gasteiger partial charge on any atom is -0.334 e. The van der Waals surface area contributed by atoms with Crippen LogP contribution < -0.4 is 5.73 Å². The molecule has 0 aliphatic rings. The molecule has 84 valence electrons. The van der Waals surface area contributed by atoms with E-state index in [-0.39, 0.29) is 0 Å². The number of imidazole rings is 1. The minimum atomic E-state index is 0.643. The topological polar surface area (TPSA) is 43.8 Å². The van der Waals surface area contributed by atoms with Gasteiger partial charge in [-0.05, 0) is 19.5 Å². The summed E-state index contributed by atoms with van der Waals surface area (Å²) in [6, 6.07) is 8.38. The molecule has 0 radical (unpaired) electrons. The molecule has 0 unspecified atom stereocenters. The molecule has 2 aromatic rings. The van der Waals surface area contributed by atoms with Gasteiger partial charge in [0.15, 0.2) is 0 Å². The van der Waals surface area contributed by atoms with E-state index in [0.717, 1.165) is 23.5 Å². The molecule has 0 bridgehead atoms. The zero-order chi connectivity index (χ0) is 11.5. The summed E-state index contributed by atoms with van der Waals surface area (Å²) in [5, 5.41) is 0. The summed E-state index contributed by atoms with van der Waals surface area (Å²) in [7, 11) is 2.02. The van der Waals surface area contributed by atoms with E-state index >= 15 is 0 Å². The van der Waals surface area contributed by atoms with Gasteiger partial charge in [0, 0.05) is 25.2 Å². The molecule has 1 aromatic heterocycles. The van der Waals surface area contributed by atoms with Crippen LogP contribution in [-0.2, 0) is 13.5 Å². The number of nitrogens with zero attached hydrogens (tertiary/aromatic N) is 2. The monoisotopic (exact) mass is 215 g/mol. The van der Waals surface area contributed by atoms with Crippen LogP contribution in [0.15, 0.2) is 30.5 Å². The second kappa shape index (κ2) is 4.49. The van der Waals surface area contributed by atoms with Crippen LogP contribution in [0.25, 0.3) is 11.4 Å². The van der Waals surface area contributed by atoms with Crippen molar-refractivity contribution in [1.29, 1.82) is 0 Å². The lowest BCUT2D eigenvalue weighted by atomic mass is 10.1. The Balaban J connectivity index is 2.40. The van der Waals surface area contributed by atoms with Crippen LogP contribution in [-0.4, -0.2) is 16.1 Å². The first-order chi connectivity index (χ1) is 7.70. The average molecular weight is 215 g/mol. The summed E-state index contributed by atoms with van der Waals surface area (Å²) in [5.74, 6) is 1.01. The summed E-state index contributed by atoms with van der Waals surface area (Å²) in [6.07, 6.45) is 2.88. The molecule has 2 rings (SSSR count). The minimum absolute atomic E-state index is 0.643. The predicted octanol–water partition coefficient (Wildman–Crippen LogP) is 1.90. The van der Waals surface area contributed by atoms with Gasteiger partial charge in [-0.1, -0.05) is 23.8 Å². The van der Waals surface area contributed by atoms with Crippen molar-refractivity contribution in [2.45, 2.75) is 13.3 Å². The highest BCUT2D eigenvalue weighted by Gasteiger charge is 2.06. The van der Waals surface area contributed by atoms with Gasteiger partial charge in [-0.2, -0.15) is 0 Å². The number of hydrogen-bond donors (Lipinski definition) is 1. The van der Waals surface area contributed by atoms with Gasteiger partial charge >= 0.3 is 0 Å². The van der Waals surface area contributed by atoms with Crippen molar-refractivity contribution in [3.8, 4) is 11.4 Å². The van der Waals surface area contributed by atoms with Gasteiger partial charge in [-0.3, -0.25) is 0 Å². The molecule has 0 saturated heterocycles. The Morgan fingerprint density at radius 1 is 1.38 bits per heavy atom. The van der Waals surface area contributed by atoms with Gasteiger partial charge in [-0.25, -0.2) is 4.98 Å². The Morgan fingerprint density at radius 3 is 2.88 bits per heavy atom. The molecule has 0 aliphatic heterocycles. The zero-order valence-corrected chi connectivity index (χ0v) is 9.77. The van der Waals surface area contributed by atoms with Gasteiger partial charge < -0.3 is 10.3 Å². The van der Waals surface area contributed by atoms with Crippen molar-refractivity contribution in [1.82, 2.24) is 9.55 Å². The lowest BCUT2D eigenvalue weighted by Gasteiger charge is -2.02. The largest absolute Gasteiger partial charge is 0.334 e. The molecule has 16 heavy (non-hydrogen) atoms. The van der Waals surface area contributed by atoms with Crippen molar-refractivity contribution in [3.05, 3.63) is 41.7 Å². The van der Waals surface area contributed by atoms with Crippen LogP contribution in [0.5, 0.6) is 0 Å². The molecule has 1 heterocycles. The number of aryl methyl sites for hydroxylation is 2. The SMILES string of the molecule is Cc1cccc(-c2nc(CCN)cn2C)c1. The maximum Gasteiger partial charge on any atom is 0.139 e. The highest BCUT2D eigenvalue weighted by atomic mass is 15.0. The number of aromatic nitrogens is 2. The normalized spacial score (nSPS) is 10.7. The fourth-order valence-corrected chi connectivity index (χ4v) is 1.85. The van der Waals surface area contributed by atoms with Gasteiger partial charge in [0.25, 0.3) is 0 Å². The number of benzene rings is 1. The molecule has 0 amide bonds. The number of rotatable bonds is 3. The zero-order valence-electron chi connectivity index (χ0n) is 9.77. The maximum atomic E-state index is 5.53. The second-order valence-corrected chi connectivity index (χ2v) is 4.07. The van der Waals surface area contributed by atoms with Gasteiger partial charge in [-0.15, -0.1) is 0 Å². The van der Waals surface area contributed by atoms with Crippen LogP contribution in [0.1, 0.15) is 11.3 Å². The Bertz CT molecular complexity index is 486. The Labute approximate surface area is 95.9 Å². The molecular formula is C13H17N3. The van der Waals surface area contributed by atoms with Gasteiger partial charge in [0.05, 0.1) is 5.69 Å². The molecule has 2 N–H and O–H groups in total. The van der Waals surface area contributed by atoms with Gasteiger partial charge in [0.1, 0.15) is 5.82 Å². The molecule has 3 heteroatoms. The lowest BCUT2D eigenvalue weighted by molar-refractivity contribution is 0.912. The summed E-state index contributed by atoms with van der Waals surface area (Å²) in [6.45, 7) is 2.73. The van der Waals surface area contributed by atoms with Crippen molar-refractivity contribution >= 4 is 0 Å². The van der Waals surface area contributed by atoms with E-state index in [1.807, 2.05) is 13.2 Å². The first kappa shape index (κ1) is 10.9. The molecule has 0 atom stereocenters. The first-order valence-electron chi connectivity index (χ1n) is 5.50. The highest BCUT2D eigenvalue weighted by Crippen LogP contribution is 2.19. The second-order valence-electron chi connectivity index (χ2n) is 4.07. The third-order valence-corrected chi connectivity index (χ3v) is 2.60. The lowest BCUT2D eigenvalue weighted by Crippen LogP contribution is -2.02. The van der Waals surface area contributed by atoms with Crippen LogP contribution in [0.2, 0.25) is 0 Å². The van der Waals surface area contributed by atoms with Crippen LogP contribution in [0, 0.1) is 6.92 Å². The maximum absolute atomic E-state index is 5.53. The molecule has 0 saturated carbocycles. The van der Waals surface area contributed by atoms with E-state index < -0.39 is 0 Å². The summed E-state index contributed by atoms with van der Waals surface area (Å²) in [5.41, 5.74) is 9.00.